The number of hydrogen-bond acceptors (Lipinski definition) is 5. The van der Waals surface area contributed by atoms with Gasteiger partial charge < -0.3 is 24.8 Å². The Hall–Kier alpha value is -3.22. The predicted octanol–water partition coefficient (Wildman–Crippen LogP) is 3.22. The Kier molecular flexibility index (Phi) is 7.17. The van der Waals surface area contributed by atoms with Crippen LogP contribution in [-0.2, 0) is 16.0 Å². The lowest BCUT2D eigenvalue weighted by Gasteiger charge is -2.31. The molecule has 0 saturated carbocycles. The zero-order valence-corrected chi connectivity index (χ0v) is 17.4. The zero-order valence-electron chi connectivity index (χ0n) is 17.4. The number of rotatable bonds is 7. The first kappa shape index (κ1) is 21.5. The van der Waals surface area contributed by atoms with Crippen LogP contribution < -0.4 is 14.8 Å². The van der Waals surface area contributed by atoms with Crippen LogP contribution in [0, 0.1) is 5.92 Å². The molecule has 1 aliphatic heterocycles. The van der Waals surface area contributed by atoms with Gasteiger partial charge in [0.2, 0.25) is 11.8 Å². The van der Waals surface area contributed by atoms with Crippen LogP contribution in [0.15, 0.2) is 42.5 Å². The van der Waals surface area contributed by atoms with Crippen molar-refractivity contribution >= 4 is 17.5 Å². The molecule has 2 N–H and O–H groups in total. The van der Waals surface area contributed by atoms with Crippen molar-refractivity contribution in [3.63, 3.8) is 0 Å². The highest BCUT2D eigenvalue weighted by atomic mass is 16.5. The number of methoxy groups -OCH3 is 2. The van der Waals surface area contributed by atoms with Gasteiger partial charge in [-0.25, -0.2) is 0 Å². The first-order valence-corrected chi connectivity index (χ1v) is 10.1. The summed E-state index contributed by atoms with van der Waals surface area (Å²) in [5.41, 5.74) is 1.39. The highest BCUT2D eigenvalue weighted by Crippen LogP contribution is 2.26. The number of nitrogens with one attached hydrogen (secondary N) is 1. The van der Waals surface area contributed by atoms with Gasteiger partial charge in [-0.15, -0.1) is 0 Å². The zero-order chi connectivity index (χ0) is 21.5. The van der Waals surface area contributed by atoms with Gasteiger partial charge in [0.15, 0.2) is 0 Å². The number of aromatic hydroxyl groups is 1. The number of ether oxygens (including phenoxy) is 2. The van der Waals surface area contributed by atoms with E-state index in [1.54, 1.807) is 38.5 Å². The summed E-state index contributed by atoms with van der Waals surface area (Å²) < 4.78 is 10.6. The summed E-state index contributed by atoms with van der Waals surface area (Å²) in [6, 6.07) is 12.3. The molecular formula is C23H28N2O5. The third-order valence-electron chi connectivity index (χ3n) is 5.42. The number of para-hydroxylation sites is 2. The molecule has 7 nitrogen and oxygen atoms in total. The van der Waals surface area contributed by atoms with Crippen molar-refractivity contribution in [3.05, 3.63) is 48.0 Å². The van der Waals surface area contributed by atoms with Gasteiger partial charge in [0.1, 0.15) is 17.2 Å². The van der Waals surface area contributed by atoms with Crippen molar-refractivity contribution < 1.29 is 24.2 Å². The lowest BCUT2D eigenvalue weighted by atomic mass is 9.95. The summed E-state index contributed by atoms with van der Waals surface area (Å²) in [6.07, 6.45) is 2.21. The summed E-state index contributed by atoms with van der Waals surface area (Å²) >= 11 is 0. The van der Waals surface area contributed by atoms with Gasteiger partial charge in [0.05, 0.1) is 19.9 Å². The molecule has 2 aromatic rings. The minimum atomic E-state index is -0.170. The number of aryl methyl sites for hydroxylation is 1. The van der Waals surface area contributed by atoms with E-state index in [1.165, 1.54) is 6.07 Å². The van der Waals surface area contributed by atoms with Crippen molar-refractivity contribution in [2.75, 3.05) is 32.6 Å². The van der Waals surface area contributed by atoms with E-state index in [-0.39, 0.29) is 23.5 Å². The van der Waals surface area contributed by atoms with Crippen molar-refractivity contribution in [1.29, 1.82) is 0 Å². The van der Waals surface area contributed by atoms with E-state index in [2.05, 4.69) is 5.32 Å². The van der Waals surface area contributed by atoms with E-state index in [4.69, 9.17) is 9.47 Å². The lowest BCUT2D eigenvalue weighted by Crippen LogP contribution is -2.41. The van der Waals surface area contributed by atoms with Crippen LogP contribution in [0.25, 0.3) is 0 Å². The van der Waals surface area contributed by atoms with Gasteiger partial charge in [-0.3, -0.25) is 9.59 Å². The van der Waals surface area contributed by atoms with Crippen molar-refractivity contribution in [1.82, 2.24) is 4.90 Å². The smallest absolute Gasteiger partial charge is 0.227 e. The van der Waals surface area contributed by atoms with Crippen LogP contribution in [0.4, 0.5) is 5.69 Å². The molecule has 1 saturated heterocycles. The Labute approximate surface area is 176 Å². The molecule has 1 aliphatic rings. The normalized spacial score (nSPS) is 14.3. The molecule has 2 aromatic carbocycles. The number of anilines is 1. The molecule has 0 radical (unpaired) electrons. The molecule has 0 bridgehead atoms. The molecule has 7 heteroatoms. The molecule has 160 valence electrons. The molecular weight excluding hydrogens is 384 g/mol. The van der Waals surface area contributed by atoms with E-state index in [1.807, 2.05) is 17.0 Å². The fraction of sp³-hybridized carbons (Fsp3) is 0.391. The third-order valence-corrected chi connectivity index (χ3v) is 5.42. The number of hydrogen-bond donors (Lipinski definition) is 2. The Morgan fingerprint density at radius 3 is 2.30 bits per heavy atom. The van der Waals surface area contributed by atoms with Crippen LogP contribution in [0.1, 0.15) is 24.8 Å². The number of carbonyl (C=O) groups is 2. The highest BCUT2D eigenvalue weighted by molar-refractivity contribution is 5.94. The van der Waals surface area contributed by atoms with E-state index in [0.717, 1.165) is 5.56 Å². The van der Waals surface area contributed by atoms with Gasteiger partial charge in [-0.1, -0.05) is 12.1 Å². The second-order valence-electron chi connectivity index (χ2n) is 7.38. The van der Waals surface area contributed by atoms with Crippen molar-refractivity contribution in [2.24, 2.45) is 5.92 Å². The molecule has 0 aromatic heterocycles. The van der Waals surface area contributed by atoms with Crippen LogP contribution in [-0.4, -0.2) is 49.1 Å². The standard InChI is InChI=1S/C23H28N2O5/c1-29-18-13-16(14-19(15-18)30-2)7-8-22(27)25-11-9-17(10-12-25)23(28)24-20-5-3-4-6-21(20)26/h3-6,13-15,17,26H,7-12H2,1-2H3,(H,24,28). The van der Waals surface area contributed by atoms with E-state index in [0.29, 0.717) is 56.0 Å². The molecule has 0 spiro atoms. The fourth-order valence-corrected chi connectivity index (χ4v) is 3.63. The topological polar surface area (TPSA) is 88.1 Å². The van der Waals surface area contributed by atoms with E-state index in [9.17, 15) is 14.7 Å². The molecule has 0 atom stereocenters. The van der Waals surface area contributed by atoms with Gasteiger partial charge >= 0.3 is 0 Å². The SMILES string of the molecule is COc1cc(CCC(=O)N2CCC(C(=O)Nc3ccccc3O)CC2)cc(OC)c1. The number of piperidine rings is 1. The number of amides is 2. The molecule has 0 unspecified atom stereocenters. The first-order valence-electron chi connectivity index (χ1n) is 10.1. The second kappa shape index (κ2) is 10.0. The van der Waals surface area contributed by atoms with Crippen molar-refractivity contribution in [2.45, 2.75) is 25.7 Å². The minimum absolute atomic E-state index is 0.0487. The summed E-state index contributed by atoms with van der Waals surface area (Å²) in [7, 11) is 3.20. The van der Waals surface area contributed by atoms with Gasteiger partial charge in [0.25, 0.3) is 0 Å². The lowest BCUT2D eigenvalue weighted by molar-refractivity contribution is -0.134. The Morgan fingerprint density at radius 1 is 1.07 bits per heavy atom. The maximum atomic E-state index is 12.6. The van der Waals surface area contributed by atoms with Crippen LogP contribution in [0.3, 0.4) is 0 Å². The summed E-state index contributed by atoms with van der Waals surface area (Å²) in [6.45, 7) is 1.11. The molecule has 30 heavy (non-hydrogen) atoms. The Bertz CT molecular complexity index is 869. The average Bonchev–Trinajstić information content (AvgIpc) is 2.78. The van der Waals surface area contributed by atoms with Crippen LogP contribution in [0.5, 0.6) is 17.2 Å². The number of phenolic OH excluding ortho intramolecular Hbond substituents is 1. The predicted molar refractivity (Wildman–Crippen MR) is 114 cm³/mol. The maximum absolute atomic E-state index is 12.6. The quantitative estimate of drug-likeness (QED) is 0.682. The summed E-state index contributed by atoms with van der Waals surface area (Å²) in [5.74, 6) is 1.24. The van der Waals surface area contributed by atoms with Gasteiger partial charge in [-0.05, 0) is 49.1 Å². The van der Waals surface area contributed by atoms with Gasteiger partial charge in [-0.2, -0.15) is 0 Å². The van der Waals surface area contributed by atoms with Crippen LogP contribution >= 0.6 is 0 Å². The largest absolute Gasteiger partial charge is 0.506 e. The van der Waals surface area contributed by atoms with Crippen LogP contribution in [0.2, 0.25) is 0 Å². The van der Waals surface area contributed by atoms with Gasteiger partial charge in [0, 0.05) is 31.5 Å². The summed E-state index contributed by atoms with van der Waals surface area (Å²) in [4.78, 5) is 26.9. The number of phenols is 1. The maximum Gasteiger partial charge on any atom is 0.227 e. The fourth-order valence-electron chi connectivity index (χ4n) is 3.63. The monoisotopic (exact) mass is 412 g/mol. The average molecular weight is 412 g/mol. The first-order chi connectivity index (χ1) is 14.5. The minimum Gasteiger partial charge on any atom is -0.506 e. The number of carbonyl (C=O) groups excluding carboxylic acids is 2. The van der Waals surface area contributed by atoms with E-state index >= 15 is 0 Å². The second-order valence-corrected chi connectivity index (χ2v) is 7.38. The number of benzene rings is 2. The molecule has 2 amide bonds. The van der Waals surface area contributed by atoms with Crippen molar-refractivity contribution in [3.8, 4) is 17.2 Å². The highest BCUT2D eigenvalue weighted by Gasteiger charge is 2.27. The third kappa shape index (κ3) is 5.43. The number of nitrogens with zero attached hydrogens (tertiary/aromatic N) is 1. The number of likely N-dealkylation sites (tertiary alicyclic amines) is 1. The Balaban J connectivity index is 1.48. The molecule has 3 rings (SSSR count). The molecule has 1 heterocycles. The molecule has 0 aliphatic carbocycles. The Morgan fingerprint density at radius 2 is 1.70 bits per heavy atom. The molecule has 1 fully saturated rings. The summed E-state index contributed by atoms with van der Waals surface area (Å²) in [5, 5.41) is 12.6. The van der Waals surface area contributed by atoms with E-state index < -0.39 is 0 Å².